The molecule has 46 atom stereocenters. The van der Waals surface area contributed by atoms with Gasteiger partial charge in [-0.25, -0.2) is 4.79 Å². The SMILES string of the molecule is CC(=O)N[C@H]1[C@H](OC[C@H]2O[C@@H](O[C@H]3[C@H](O)[C@@H](O)[C@@H](O)O[C@@H]3CO)[C@H](O)[C@@H](O[C@@H]3O[C@H](CO)[C@@H](O[C@@H]4O[C@@H](C)[C@@H](O)[C@@H](O)[C@@H]4O)[C@H](O[C@@H]4O[C@H](CO)[C@H](O)[C@H](O)[C@H]4O[C@@H]4O[C@@H](C)[C@@H](O)[C@@H](O)[C@@H]4O)[C@H]3NC(C)=O)[C@H]2O)O[C@H](CO)[C@@H](O[C@@H]2O[C@H](CO[C@]3(C(=O)O)C[C@H](O)[C@@H](NC(C)=O)[C@H]([C@H](O)[C@H](O)CO)O3)[C@H](O)[C@H](O)[C@H]2O)[C@@H]1O. The molecule has 3 amide bonds. The van der Waals surface area contributed by atoms with Gasteiger partial charge >= 0.3 is 5.97 Å². The fourth-order valence-corrected chi connectivity index (χ4v) is 14.5. The molecule has 0 aromatic carbocycles. The van der Waals surface area contributed by atoms with E-state index < -0.39 is 358 Å². The van der Waals surface area contributed by atoms with Crippen molar-refractivity contribution in [2.45, 2.75) is 323 Å². The van der Waals surface area contributed by atoms with Crippen molar-refractivity contribution in [2.24, 2.45) is 0 Å². The summed E-state index contributed by atoms with van der Waals surface area (Å²) in [7, 11) is 0. The topological polar surface area (TPSA) is 787 Å². The summed E-state index contributed by atoms with van der Waals surface area (Å²) in [5.74, 6) is -7.93. The molecule has 0 unspecified atom stereocenters. The van der Waals surface area contributed by atoms with Gasteiger partial charge in [0.15, 0.2) is 50.3 Å². The summed E-state index contributed by atoms with van der Waals surface area (Å²) < 4.78 is 101. The first-order chi connectivity index (χ1) is 53.2. The number of aliphatic hydroxyl groups is 25. The standard InChI is InChI=1S/C63H105N3O47/c1-14-30(77)37(84)43(90)57(99-14)109-49-24(11-71)104-56(29(66-18(5)74)51(49)110-61-53(40(87)33(80)21(8-68)102-61)112-58-44(91)38(85)31(78)15(2)100-58)111-52-35(82)25(105-60(46(52)93)108-48-22(9-69)101-54(94)42(89)41(48)88)12-97-55-28(65-17(4)73)36(83)47(23(10-70)103-55)107-59-45(92)39(86)34(81)26(106-59)13-98-63(62(95)96)6-19(75)27(64-16(3)72)50(113-63)32(79)20(76)7-67/h14-15,19-61,67-71,75-94H,6-13H2,1-5H3,(H,64,72)(H,65,73)(H,66,74)(H,95,96)/t14-,15-,19-,20+,21+,22+,23+,24+,25+,26+,27+,28+,29+,30+,31+,32+,33-,34-,35-,36+,37+,38+,39-,40-,41+,42+,43-,44-,45+,46+,47+,48+,49+,50+,51+,52-,53+,54-,55+,56-,57-,58-,59-,60-,61-,63+/m0/s1. The molecule has 113 heavy (non-hydrogen) atoms. The van der Waals surface area contributed by atoms with Gasteiger partial charge in [-0.1, -0.05) is 0 Å². The number of carbonyl (C=O) groups excluding carboxylic acids is 3. The van der Waals surface area contributed by atoms with E-state index in [4.69, 9.17) is 80.5 Å². The molecule has 9 saturated heterocycles. The average Bonchev–Trinajstić information content (AvgIpc) is 0.924. The van der Waals surface area contributed by atoms with E-state index in [9.17, 15) is 152 Å². The molecule has 9 aliphatic rings. The van der Waals surface area contributed by atoms with Gasteiger partial charge in [0.1, 0.15) is 201 Å². The summed E-state index contributed by atoms with van der Waals surface area (Å²) in [6.45, 7) is -2.85. The number of carbonyl (C=O) groups is 4. The van der Waals surface area contributed by atoms with Crippen molar-refractivity contribution in [3.8, 4) is 0 Å². The van der Waals surface area contributed by atoms with Gasteiger partial charge in [0.05, 0.1) is 70.6 Å². The van der Waals surface area contributed by atoms with Gasteiger partial charge in [0.25, 0.3) is 5.79 Å². The van der Waals surface area contributed by atoms with Crippen LogP contribution in [0.3, 0.4) is 0 Å². The third-order valence-electron chi connectivity index (χ3n) is 20.8. The van der Waals surface area contributed by atoms with Gasteiger partial charge < -0.3 is 229 Å². The monoisotopic (exact) mass is 1660 g/mol. The second-order valence-electron chi connectivity index (χ2n) is 28.9. The molecule has 50 heteroatoms. The number of carboxylic acid groups (broad SMARTS) is 1. The molecule has 9 fully saturated rings. The molecule has 0 spiro atoms. The Morgan fingerprint density at radius 3 is 1.32 bits per heavy atom. The van der Waals surface area contributed by atoms with Gasteiger partial charge in [0.2, 0.25) is 17.7 Å². The van der Waals surface area contributed by atoms with E-state index >= 15 is 0 Å². The summed E-state index contributed by atoms with van der Waals surface area (Å²) >= 11 is 0. The second-order valence-corrected chi connectivity index (χ2v) is 28.9. The number of aliphatic hydroxyl groups excluding tert-OH is 25. The van der Waals surface area contributed by atoms with E-state index in [0.717, 1.165) is 20.8 Å². The van der Waals surface area contributed by atoms with Gasteiger partial charge in [-0.3, -0.25) is 14.4 Å². The number of amides is 3. The molecule has 50 nitrogen and oxygen atoms in total. The number of hydrogen-bond acceptors (Lipinski definition) is 46. The highest BCUT2D eigenvalue weighted by molar-refractivity contribution is 5.77. The summed E-state index contributed by atoms with van der Waals surface area (Å²) in [4.78, 5) is 51.7. The fraction of sp³-hybridized carbons (Fsp3) is 0.937. The Bertz CT molecular complexity index is 3040. The molecule has 9 aliphatic heterocycles. The molecule has 0 aromatic heterocycles. The first kappa shape index (κ1) is 93.1. The molecule has 0 bridgehead atoms. The minimum Gasteiger partial charge on any atom is -0.477 e. The zero-order valence-corrected chi connectivity index (χ0v) is 60.8. The van der Waals surface area contributed by atoms with Crippen LogP contribution in [0.25, 0.3) is 0 Å². The number of carboxylic acids is 1. The zero-order chi connectivity index (χ0) is 83.6. The highest BCUT2D eigenvalue weighted by Gasteiger charge is 2.62. The van der Waals surface area contributed by atoms with Crippen LogP contribution in [-0.2, 0) is 99.7 Å². The normalized spacial score (nSPS) is 49.2. The molecule has 0 saturated carbocycles. The Morgan fingerprint density at radius 1 is 0.381 bits per heavy atom. The second kappa shape index (κ2) is 39.6. The maximum Gasteiger partial charge on any atom is 0.364 e. The third kappa shape index (κ3) is 20.3. The molecule has 0 aromatic rings. The number of ether oxygens (including phenoxy) is 17. The van der Waals surface area contributed by atoms with Crippen LogP contribution < -0.4 is 16.0 Å². The predicted octanol–water partition coefficient (Wildman–Crippen LogP) is -18.9. The van der Waals surface area contributed by atoms with Gasteiger partial charge in [-0.05, 0) is 13.8 Å². The lowest BCUT2D eigenvalue weighted by Crippen LogP contribution is -2.71. The summed E-state index contributed by atoms with van der Waals surface area (Å²) in [5.41, 5.74) is 0. The van der Waals surface area contributed by atoms with Gasteiger partial charge in [-0.15, -0.1) is 0 Å². The van der Waals surface area contributed by atoms with E-state index in [2.05, 4.69) is 16.0 Å². The Balaban J connectivity index is 1.02. The van der Waals surface area contributed by atoms with Crippen LogP contribution in [0.2, 0.25) is 0 Å². The third-order valence-corrected chi connectivity index (χ3v) is 20.8. The minimum absolute atomic E-state index is 0.829. The molecule has 9 rings (SSSR count). The van der Waals surface area contributed by atoms with E-state index in [1.807, 2.05) is 0 Å². The van der Waals surface area contributed by atoms with E-state index in [-0.39, 0.29) is 0 Å². The molecule has 9 heterocycles. The van der Waals surface area contributed by atoms with Crippen molar-refractivity contribution >= 4 is 23.7 Å². The highest BCUT2D eigenvalue weighted by atomic mass is 16.8. The van der Waals surface area contributed by atoms with Crippen molar-refractivity contribution < 1.29 is 232 Å². The Morgan fingerprint density at radius 2 is 0.788 bits per heavy atom. The quantitative estimate of drug-likeness (QED) is 0.0331. The summed E-state index contributed by atoms with van der Waals surface area (Å²) in [6.07, 6.45) is -88.9. The molecular weight excluding hydrogens is 1550 g/mol. The maximum absolute atomic E-state index is 13.6. The van der Waals surface area contributed by atoms with Crippen LogP contribution in [0, 0.1) is 0 Å². The van der Waals surface area contributed by atoms with Crippen LogP contribution in [0.5, 0.6) is 0 Å². The van der Waals surface area contributed by atoms with Crippen LogP contribution in [-0.4, -0.2) is 484 Å². The number of aliphatic carboxylic acids is 1. The fourth-order valence-electron chi connectivity index (χ4n) is 14.5. The van der Waals surface area contributed by atoms with Crippen molar-refractivity contribution in [3.05, 3.63) is 0 Å². The molecule has 0 aliphatic carbocycles. The first-order valence-electron chi connectivity index (χ1n) is 36.0. The van der Waals surface area contributed by atoms with Gasteiger partial charge in [0, 0.05) is 27.2 Å². The minimum atomic E-state index is -3.06. The summed E-state index contributed by atoms with van der Waals surface area (Å²) in [5, 5.41) is 294. The average molecular weight is 1660 g/mol. The van der Waals surface area contributed by atoms with Crippen LogP contribution >= 0.6 is 0 Å². The van der Waals surface area contributed by atoms with Crippen molar-refractivity contribution in [3.63, 3.8) is 0 Å². The smallest absolute Gasteiger partial charge is 0.364 e. The van der Waals surface area contributed by atoms with Crippen LogP contribution in [0.15, 0.2) is 0 Å². The van der Waals surface area contributed by atoms with Crippen LogP contribution in [0.4, 0.5) is 0 Å². The lowest BCUT2D eigenvalue weighted by molar-refractivity contribution is -0.401. The Kier molecular flexibility index (Phi) is 32.6. The number of rotatable bonds is 29. The number of hydrogen-bond donors (Lipinski definition) is 29. The van der Waals surface area contributed by atoms with E-state index in [1.54, 1.807) is 0 Å². The highest BCUT2D eigenvalue weighted by Crippen LogP contribution is 2.41. The number of nitrogens with one attached hydrogen (secondary N) is 3. The van der Waals surface area contributed by atoms with Gasteiger partial charge in [-0.2, -0.15) is 0 Å². The first-order valence-corrected chi connectivity index (χ1v) is 36.0. The molecule has 654 valence electrons. The molecule has 0 radical (unpaired) electrons. The maximum atomic E-state index is 13.6. The Hall–Kier alpha value is -3.80. The van der Waals surface area contributed by atoms with E-state index in [1.165, 1.54) is 13.8 Å². The van der Waals surface area contributed by atoms with Crippen molar-refractivity contribution in [1.82, 2.24) is 16.0 Å². The van der Waals surface area contributed by atoms with Crippen LogP contribution in [0.1, 0.15) is 41.0 Å². The lowest BCUT2D eigenvalue weighted by Gasteiger charge is -2.52. The Labute approximate surface area is 639 Å². The lowest BCUT2D eigenvalue weighted by atomic mass is 9.88. The largest absolute Gasteiger partial charge is 0.477 e. The van der Waals surface area contributed by atoms with Crippen molar-refractivity contribution in [1.29, 1.82) is 0 Å². The predicted molar refractivity (Wildman–Crippen MR) is 346 cm³/mol. The summed E-state index contributed by atoms with van der Waals surface area (Å²) in [6, 6.07) is -5.70. The molecular formula is C63H105N3O47. The van der Waals surface area contributed by atoms with Crippen molar-refractivity contribution in [2.75, 3.05) is 46.2 Å². The van der Waals surface area contributed by atoms with E-state index in [0.29, 0.717) is 0 Å². The zero-order valence-electron chi connectivity index (χ0n) is 60.8. The molecule has 29 N–H and O–H groups in total.